The molecule has 0 heterocycles. The van der Waals surface area contributed by atoms with Crippen molar-refractivity contribution in [3.8, 4) is 22.3 Å². The van der Waals surface area contributed by atoms with Crippen LogP contribution in [0.4, 0.5) is 91.0 Å². The first-order valence-electron chi connectivity index (χ1n) is 41.7. The van der Waals surface area contributed by atoms with Crippen LogP contribution in [0.3, 0.4) is 0 Å². The second-order valence-electron chi connectivity index (χ2n) is 31.0. The van der Waals surface area contributed by atoms with Crippen molar-refractivity contribution in [1.29, 1.82) is 0 Å². The smallest absolute Gasteiger partial charge is 0.744 e. The minimum absolute atomic E-state index is 0. The predicted molar refractivity (Wildman–Crippen MR) is 527 cm³/mol. The number of hydrogen-bond acceptors (Lipinski definition) is 32. The molecular weight excluding hydrogens is 1940 g/mol. The summed E-state index contributed by atoms with van der Waals surface area (Å²) in [4.78, 5) is 82.0. The maximum absolute atomic E-state index is 12.8. The van der Waals surface area contributed by atoms with Gasteiger partial charge in [-0.1, -0.05) is 133 Å². The Balaban J connectivity index is 0.000000190. The minimum Gasteiger partial charge on any atom is -0.744 e. The molecule has 16 rings (SSSR count). The van der Waals surface area contributed by atoms with Crippen LogP contribution in [0.15, 0.2) is 352 Å². The summed E-state index contributed by atoms with van der Waals surface area (Å²) < 4.78 is 129. The normalized spacial score (nSPS) is 11.6. The average molecular weight is 2020 g/mol. The molecule has 0 bridgehead atoms. The molecule has 0 aliphatic heterocycles. The summed E-state index contributed by atoms with van der Waals surface area (Å²) in [7, 11) is -12.7. The predicted octanol–water partition coefficient (Wildman–Crippen LogP) is 15.5. The summed E-state index contributed by atoms with van der Waals surface area (Å²) in [5.41, 5.74) is 35.5. The van der Waals surface area contributed by atoms with Gasteiger partial charge in [-0.25, -0.2) is 36.1 Å². The SMILES string of the molecule is COS(=O)(=O)c1ccc2c(N=Nc3ccc(-c4ccc(N=Nc5c(N)ccc6cc(S(=O)(=O)OC)ccc56)c(C)c4)cc3C)c(N)ccc2c1.CO[N+](=O)c1cccc(C(=O)Nc2ccc(Cc3ccc(NC(=O)c4cccc([N+](=O)OC)c4)c(C(=O)O)c3)cc2C(=O)O)c1.Nc1c(N=Nc2ccc(-c3ccc(N=Nc4cc(S(=O)(=O)[O-])c5ccccc5c4N)cc3)cc2)cc(S(=O)(=O)[O-])c2ccccc12.[Na+].[Na+]. The Morgan fingerprint density at radius 3 is 1.06 bits per heavy atom. The van der Waals surface area contributed by atoms with E-state index in [0.29, 0.717) is 88.9 Å². The number of fused-ring (bicyclic) bond motifs is 4. The second-order valence-corrected chi connectivity index (χ2v) is 37.1. The Kier molecular flexibility index (Phi) is 33.7. The maximum Gasteiger partial charge on any atom is 1.00 e. The summed E-state index contributed by atoms with van der Waals surface area (Å²) in [6, 6.07) is 76.6. The van der Waals surface area contributed by atoms with Crippen LogP contribution in [0, 0.1) is 23.7 Å². The fourth-order valence-electron chi connectivity index (χ4n) is 14.7. The van der Waals surface area contributed by atoms with Crippen molar-refractivity contribution in [2.24, 2.45) is 40.9 Å². The molecule has 16 aromatic rings. The number of carbonyl (C=O) groups excluding carboxylic acids is 2. The molecule has 0 aliphatic rings. The Morgan fingerprint density at radius 1 is 0.364 bits per heavy atom. The summed E-state index contributed by atoms with van der Waals surface area (Å²) in [6.07, 6.45) is 0.125. The van der Waals surface area contributed by atoms with Crippen molar-refractivity contribution < 1.29 is 159 Å². The number of nitrogens with one attached hydrogen (secondary N) is 2. The van der Waals surface area contributed by atoms with Crippen molar-refractivity contribution in [3.05, 3.63) is 346 Å². The van der Waals surface area contributed by atoms with Crippen LogP contribution in [-0.4, -0.2) is 115 Å². The summed E-state index contributed by atoms with van der Waals surface area (Å²) in [5.74, 6) is -3.94. The fraction of sp³-hybridized carbons (Fsp3) is 0.0707. The standard InChI is InChI=1S/C36H32N6O6S2.C32H24N6O6S2.C31H24N4O10.2Na/c1-21-17-23(7-15-33(21)39-41-35-29-11-9-27(49(43,44)47-3)19-25(29)5-13-31(35)37)24-8-16-34(22(2)18-24)40-42-36-30-12-10-28(50(45,46)48-4)20-26(30)6-14-32(36)38;33-31-25-7-3-1-5-23(25)29(45(39,40)41)17-27(31)37-35-21-13-9-19(10-14-21)20-11-15-22(16-12-20)36-38-28-18-30(46(42,43)44)24-6-2-4-8-26(24)32(28)34;1-44-34(42)22-7-3-5-20(16-22)28(36)32-26-11-9-18(14-24(26)30(38)39)13-19-10-12-27(25(15-19)31(40)41)33-29(37)21-6-4-8-23(17-21)35(43)45-2;;/h5-20H,37-38H2,1-4H3;1-18H,33-34H2,(H,39,40,41)(H,42,43,44);3-12,14-17H,13H2,1-2H3,(H2-2,32,33,36,37,38,39,40,41);;/q;;;2*+1. The quantitative estimate of drug-likeness (QED) is 0.00564. The van der Waals surface area contributed by atoms with Crippen molar-refractivity contribution in [2.45, 2.75) is 39.9 Å². The van der Waals surface area contributed by atoms with Crippen molar-refractivity contribution in [2.75, 3.05) is 62.0 Å². The van der Waals surface area contributed by atoms with Gasteiger partial charge in [-0.2, -0.15) is 37.3 Å². The van der Waals surface area contributed by atoms with E-state index in [1.807, 2.05) is 74.5 Å². The molecule has 712 valence electrons. The average Bonchev–Trinajstić information content (AvgIpc) is 0.766. The number of amides is 2. The molecule has 0 radical (unpaired) electrons. The van der Waals surface area contributed by atoms with Crippen molar-refractivity contribution >= 4 is 198 Å². The summed E-state index contributed by atoms with van der Waals surface area (Å²) in [5, 5.41) is 62.9. The van der Waals surface area contributed by atoms with Gasteiger partial charge in [0, 0.05) is 67.7 Å². The van der Waals surface area contributed by atoms with Crippen LogP contribution >= 0.6 is 0 Å². The van der Waals surface area contributed by atoms with E-state index in [2.05, 4.69) is 69.6 Å². The molecule has 0 aromatic heterocycles. The van der Waals surface area contributed by atoms with Crippen LogP contribution < -0.4 is 92.7 Å². The topological polar surface area (TPSA) is 596 Å². The number of nitrogens with zero attached hydrogens (tertiary/aromatic N) is 10. The van der Waals surface area contributed by atoms with E-state index >= 15 is 0 Å². The number of nitrogen functional groups attached to an aromatic ring is 4. The summed E-state index contributed by atoms with van der Waals surface area (Å²) in [6.45, 7) is 3.87. The number of anilines is 6. The van der Waals surface area contributed by atoms with Crippen LogP contribution in [0.2, 0.25) is 0 Å². The number of carboxylic acids is 2. The van der Waals surface area contributed by atoms with Gasteiger partial charge in [0.2, 0.25) is 0 Å². The monoisotopic (exact) mass is 2020 g/mol. The Morgan fingerprint density at radius 2 is 0.720 bits per heavy atom. The number of nitrogens with two attached hydrogens (primary N) is 4. The number of rotatable bonds is 28. The van der Waals surface area contributed by atoms with E-state index in [1.165, 1.54) is 123 Å². The van der Waals surface area contributed by atoms with Crippen LogP contribution in [-0.2, 0) is 64.9 Å². The second kappa shape index (κ2) is 45.4. The van der Waals surface area contributed by atoms with E-state index in [9.17, 15) is 82.0 Å². The molecule has 0 spiro atoms. The molecule has 38 nitrogen and oxygen atoms in total. The zero-order chi connectivity index (χ0) is 101. The number of hydrogen-bond donors (Lipinski definition) is 8. The Labute approximate surface area is 860 Å². The number of carboxylic acid groups (broad SMARTS) is 2. The van der Waals surface area contributed by atoms with Crippen molar-refractivity contribution in [3.63, 3.8) is 0 Å². The zero-order valence-corrected chi connectivity index (χ0v) is 84.2. The number of carbonyl (C=O) groups is 4. The molecule has 44 heteroatoms. The molecule has 143 heavy (non-hydrogen) atoms. The van der Waals surface area contributed by atoms with Crippen molar-refractivity contribution in [1.82, 2.24) is 0 Å². The molecule has 0 saturated heterocycles. The van der Waals surface area contributed by atoms with Gasteiger partial charge in [-0.3, -0.25) is 18.0 Å². The minimum atomic E-state index is -4.78. The number of azo groups is 4. The molecule has 0 atom stereocenters. The van der Waals surface area contributed by atoms with Gasteiger partial charge in [0.25, 0.3) is 41.9 Å². The van der Waals surface area contributed by atoms with Gasteiger partial charge in [0.1, 0.15) is 43.0 Å². The summed E-state index contributed by atoms with van der Waals surface area (Å²) >= 11 is 0. The fourth-order valence-corrected chi connectivity index (χ4v) is 17.5. The van der Waals surface area contributed by atoms with Gasteiger partial charge in [0.15, 0.2) is 14.2 Å². The van der Waals surface area contributed by atoms with Crippen LogP contribution in [0.1, 0.15) is 63.7 Å². The van der Waals surface area contributed by atoms with E-state index in [4.69, 9.17) is 22.9 Å². The van der Waals surface area contributed by atoms with Gasteiger partial charge in [-0.05, 0) is 209 Å². The van der Waals surface area contributed by atoms with Gasteiger partial charge in [0.05, 0.1) is 112 Å². The first-order chi connectivity index (χ1) is 67.2. The Bertz CT molecular complexity index is 7960. The molecule has 0 unspecified atom stereocenters. The maximum atomic E-state index is 12.8. The zero-order valence-electron chi connectivity index (χ0n) is 76.9. The molecule has 12 N–H and O–H groups in total. The van der Waals surface area contributed by atoms with E-state index < -0.39 is 74.0 Å². The van der Waals surface area contributed by atoms with E-state index in [1.54, 1.807) is 109 Å². The number of aromatic carboxylic acids is 2. The van der Waals surface area contributed by atoms with Gasteiger partial charge in [-0.15, -0.1) is 20.5 Å². The first kappa shape index (κ1) is 106. The molecular formula is C99H80N16Na2O22S4+2. The van der Waals surface area contributed by atoms with Crippen LogP contribution in [0.25, 0.3) is 65.3 Å². The first-order valence-corrected chi connectivity index (χ1v) is 47.3. The van der Waals surface area contributed by atoms with E-state index in [0.717, 1.165) is 59.7 Å². The molecule has 2 amide bonds. The third-order valence-corrected chi connectivity index (χ3v) is 26.2. The molecule has 0 fully saturated rings. The number of aryl methyl sites for hydroxylation is 2. The van der Waals surface area contributed by atoms with Crippen LogP contribution in [0.5, 0.6) is 0 Å². The largest absolute Gasteiger partial charge is 1.00 e. The van der Waals surface area contributed by atoms with Gasteiger partial charge >= 0.3 is 82.4 Å². The third kappa shape index (κ3) is 24.9. The number of benzene rings is 16. The molecule has 0 saturated carbocycles. The molecule has 16 aromatic carbocycles. The third-order valence-electron chi connectivity index (χ3n) is 22.0. The Hall–Kier alpha value is -15.5. The van der Waals surface area contributed by atoms with E-state index in [-0.39, 0.29) is 164 Å². The van der Waals surface area contributed by atoms with Gasteiger partial charge < -0.3 is 52.9 Å². The molecule has 0 aliphatic carbocycles.